The van der Waals surface area contributed by atoms with Gasteiger partial charge in [0.2, 0.25) is 0 Å². The van der Waals surface area contributed by atoms with Crippen molar-refractivity contribution in [2.24, 2.45) is 5.92 Å². The molecule has 3 aliphatic rings. The van der Waals surface area contributed by atoms with E-state index in [-0.39, 0.29) is 29.7 Å². The van der Waals surface area contributed by atoms with Gasteiger partial charge in [-0.1, -0.05) is 12.1 Å². The van der Waals surface area contributed by atoms with E-state index in [1.165, 1.54) is 35.5 Å². The fraction of sp³-hybridized carbons (Fsp3) is 0.478. The number of amides is 1. The Morgan fingerprint density at radius 2 is 2.17 bits per heavy atom. The highest BCUT2D eigenvalue weighted by molar-refractivity contribution is 7.09. The standard InChI is InChI=1S/C23H26FN3OS.ClH/c1-16-13-23(8-7-22(28)27(23)19-4-2-3-18(24)12-19)9-10-26(16)14-21-20(25-15-29-21)11-17-5-6-17;/h2-4,7-8,12,15-17H,5-6,9-11,13-14H2,1H3;1H/t16-,23+;/m0./s1. The van der Waals surface area contributed by atoms with Gasteiger partial charge in [-0.05, 0) is 63.1 Å². The highest BCUT2D eigenvalue weighted by Gasteiger charge is 2.46. The molecular formula is C23H27ClFN3OS. The number of halogens is 2. The number of hydrogen-bond donors (Lipinski definition) is 0. The van der Waals surface area contributed by atoms with E-state index in [1.807, 2.05) is 17.7 Å². The Kier molecular flexibility index (Phi) is 6.02. The maximum atomic E-state index is 13.8. The SMILES string of the molecule is C[C@H]1C[C@@]2(C=CC(=O)N2c2cccc(F)c2)CCN1Cc1scnc1CC1CC1.Cl. The van der Waals surface area contributed by atoms with Crippen molar-refractivity contribution in [3.8, 4) is 0 Å². The molecule has 1 amide bonds. The molecule has 1 aromatic heterocycles. The Balaban J connectivity index is 0.00000218. The van der Waals surface area contributed by atoms with Crippen LogP contribution in [0.15, 0.2) is 41.9 Å². The molecule has 160 valence electrons. The molecular weight excluding hydrogens is 421 g/mol. The third kappa shape index (κ3) is 4.05. The van der Waals surface area contributed by atoms with Gasteiger partial charge in [0.25, 0.3) is 5.91 Å². The van der Waals surface area contributed by atoms with Gasteiger partial charge in [0.15, 0.2) is 0 Å². The molecule has 5 rings (SSSR count). The zero-order valence-corrected chi connectivity index (χ0v) is 18.7. The summed E-state index contributed by atoms with van der Waals surface area (Å²) in [5, 5.41) is 0. The van der Waals surface area contributed by atoms with E-state index >= 15 is 0 Å². The number of likely N-dealkylation sites (tertiary alicyclic amines) is 1. The maximum Gasteiger partial charge on any atom is 0.251 e. The normalized spacial score (nSPS) is 26.4. The predicted octanol–water partition coefficient (Wildman–Crippen LogP) is 4.98. The first kappa shape index (κ1) is 21.5. The molecule has 2 fully saturated rings. The van der Waals surface area contributed by atoms with Gasteiger partial charge in [-0.25, -0.2) is 9.37 Å². The summed E-state index contributed by atoms with van der Waals surface area (Å²) in [4.78, 5) is 23.0. The lowest BCUT2D eigenvalue weighted by atomic mass is 9.83. The van der Waals surface area contributed by atoms with Crippen LogP contribution < -0.4 is 4.90 Å². The summed E-state index contributed by atoms with van der Waals surface area (Å²) in [7, 11) is 0. The number of aromatic nitrogens is 1. The first-order valence-corrected chi connectivity index (χ1v) is 11.4. The summed E-state index contributed by atoms with van der Waals surface area (Å²) in [6, 6.07) is 6.71. The van der Waals surface area contributed by atoms with Crippen LogP contribution in [0.3, 0.4) is 0 Å². The van der Waals surface area contributed by atoms with Gasteiger partial charge in [-0.3, -0.25) is 14.6 Å². The highest BCUT2D eigenvalue weighted by atomic mass is 35.5. The number of nitrogens with zero attached hydrogens (tertiary/aromatic N) is 3. The number of carbonyl (C=O) groups is 1. The minimum atomic E-state index is -0.356. The van der Waals surface area contributed by atoms with Crippen LogP contribution in [0.4, 0.5) is 10.1 Å². The van der Waals surface area contributed by atoms with Crippen LogP contribution in [0.5, 0.6) is 0 Å². The molecule has 0 unspecified atom stereocenters. The van der Waals surface area contributed by atoms with Gasteiger partial charge < -0.3 is 0 Å². The fourth-order valence-electron chi connectivity index (χ4n) is 4.85. The quantitative estimate of drug-likeness (QED) is 0.648. The number of rotatable bonds is 5. The molecule has 0 radical (unpaired) electrons. The molecule has 4 nitrogen and oxygen atoms in total. The lowest BCUT2D eigenvalue weighted by Gasteiger charge is -2.47. The molecule has 2 aliphatic heterocycles. The molecule has 7 heteroatoms. The van der Waals surface area contributed by atoms with Crippen LogP contribution in [0.25, 0.3) is 0 Å². The zero-order valence-electron chi connectivity index (χ0n) is 17.1. The van der Waals surface area contributed by atoms with Crippen molar-refractivity contribution in [2.45, 2.75) is 57.2 Å². The topological polar surface area (TPSA) is 36.4 Å². The van der Waals surface area contributed by atoms with Crippen LogP contribution in [0.2, 0.25) is 0 Å². The fourth-order valence-corrected chi connectivity index (χ4v) is 5.67. The minimum Gasteiger partial charge on any atom is -0.299 e. The second-order valence-electron chi connectivity index (χ2n) is 8.73. The van der Waals surface area contributed by atoms with Gasteiger partial charge >= 0.3 is 0 Å². The van der Waals surface area contributed by atoms with Gasteiger partial charge in [0.05, 0.1) is 16.7 Å². The van der Waals surface area contributed by atoms with Gasteiger partial charge in [-0.15, -0.1) is 23.7 Å². The number of carbonyl (C=O) groups excluding carboxylic acids is 1. The predicted molar refractivity (Wildman–Crippen MR) is 121 cm³/mol. The molecule has 1 spiro atoms. The van der Waals surface area contributed by atoms with E-state index in [0.29, 0.717) is 11.7 Å². The second kappa shape index (κ2) is 8.40. The van der Waals surface area contributed by atoms with Crippen molar-refractivity contribution in [3.63, 3.8) is 0 Å². The number of hydrogen-bond acceptors (Lipinski definition) is 4. The lowest BCUT2D eigenvalue weighted by Crippen LogP contribution is -2.56. The first-order valence-electron chi connectivity index (χ1n) is 10.5. The second-order valence-corrected chi connectivity index (χ2v) is 9.67. The summed E-state index contributed by atoms with van der Waals surface area (Å²) < 4.78 is 13.8. The highest BCUT2D eigenvalue weighted by Crippen LogP contribution is 2.41. The van der Waals surface area contributed by atoms with Gasteiger partial charge in [0, 0.05) is 35.8 Å². The Morgan fingerprint density at radius 1 is 1.33 bits per heavy atom. The van der Waals surface area contributed by atoms with E-state index in [4.69, 9.17) is 0 Å². The Hall–Kier alpha value is -1.76. The Labute approximate surface area is 187 Å². The number of benzene rings is 1. The molecule has 1 saturated carbocycles. The van der Waals surface area contributed by atoms with E-state index in [1.54, 1.807) is 28.4 Å². The molecule has 3 heterocycles. The van der Waals surface area contributed by atoms with Crippen molar-refractivity contribution in [1.82, 2.24) is 9.88 Å². The Bertz CT molecular complexity index is 959. The van der Waals surface area contributed by atoms with Crippen LogP contribution in [-0.4, -0.2) is 33.9 Å². The van der Waals surface area contributed by atoms with Crippen molar-refractivity contribution in [1.29, 1.82) is 0 Å². The molecule has 1 aromatic carbocycles. The molecule has 2 atom stereocenters. The van der Waals surface area contributed by atoms with Crippen molar-refractivity contribution in [3.05, 3.63) is 58.3 Å². The molecule has 2 aromatic rings. The number of thiazole rings is 1. The van der Waals surface area contributed by atoms with Crippen molar-refractivity contribution in [2.75, 3.05) is 11.4 Å². The molecule has 30 heavy (non-hydrogen) atoms. The van der Waals surface area contributed by atoms with E-state index < -0.39 is 0 Å². The summed E-state index contributed by atoms with van der Waals surface area (Å²) in [6.07, 6.45) is 9.21. The summed E-state index contributed by atoms with van der Waals surface area (Å²) in [5.41, 5.74) is 3.55. The average molecular weight is 448 g/mol. The largest absolute Gasteiger partial charge is 0.299 e. The lowest BCUT2D eigenvalue weighted by molar-refractivity contribution is -0.114. The number of piperidine rings is 1. The van der Waals surface area contributed by atoms with Crippen molar-refractivity contribution < 1.29 is 9.18 Å². The van der Waals surface area contributed by atoms with Crippen LogP contribution in [0.1, 0.15) is 43.2 Å². The third-order valence-corrected chi connectivity index (χ3v) is 7.48. The Morgan fingerprint density at radius 3 is 2.90 bits per heavy atom. The zero-order chi connectivity index (χ0) is 20.0. The van der Waals surface area contributed by atoms with Gasteiger partial charge in [-0.2, -0.15) is 0 Å². The van der Waals surface area contributed by atoms with E-state index in [2.05, 4.69) is 16.8 Å². The maximum absolute atomic E-state index is 13.8. The van der Waals surface area contributed by atoms with Crippen LogP contribution >= 0.6 is 23.7 Å². The molecule has 1 saturated heterocycles. The summed E-state index contributed by atoms with van der Waals surface area (Å²) >= 11 is 1.77. The smallest absolute Gasteiger partial charge is 0.251 e. The molecule has 1 aliphatic carbocycles. The summed E-state index contributed by atoms with van der Waals surface area (Å²) in [6.45, 7) is 4.08. The van der Waals surface area contributed by atoms with Crippen molar-refractivity contribution >= 4 is 35.3 Å². The monoisotopic (exact) mass is 447 g/mol. The van der Waals surface area contributed by atoms with Crippen LogP contribution in [-0.2, 0) is 17.8 Å². The average Bonchev–Trinajstić information content (AvgIpc) is 3.31. The van der Waals surface area contributed by atoms with Crippen LogP contribution in [0, 0.1) is 11.7 Å². The first-order chi connectivity index (χ1) is 14.0. The van der Waals surface area contributed by atoms with E-state index in [9.17, 15) is 9.18 Å². The minimum absolute atomic E-state index is 0. The van der Waals surface area contributed by atoms with Gasteiger partial charge in [0.1, 0.15) is 5.82 Å². The third-order valence-electron chi connectivity index (χ3n) is 6.62. The van der Waals surface area contributed by atoms with E-state index in [0.717, 1.165) is 38.3 Å². The number of anilines is 1. The molecule has 0 bridgehead atoms. The molecule has 0 N–H and O–H groups in total. The summed E-state index contributed by atoms with van der Waals surface area (Å²) in [5.74, 6) is 0.481.